The van der Waals surface area contributed by atoms with E-state index in [2.05, 4.69) is 238 Å². The molecule has 13 rings (SSSR count). The molecule has 11 aromatic rings. The van der Waals surface area contributed by atoms with E-state index in [1.165, 1.54) is 95.1 Å². The van der Waals surface area contributed by atoms with Crippen molar-refractivity contribution in [3.8, 4) is 56.6 Å². The number of benzene rings is 8. The second-order valence-corrected chi connectivity index (χ2v) is 26.4. The van der Waals surface area contributed by atoms with Crippen LogP contribution < -0.4 is 21.1 Å². The first kappa shape index (κ1) is 56.5. The fraction of sp³-hybridized carbons (Fsp3) is 0.270. The van der Waals surface area contributed by atoms with Crippen LogP contribution in [0.15, 0.2) is 152 Å². The number of nitrogens with zero attached hydrogens (tertiary/aromatic N) is 4. The van der Waals surface area contributed by atoms with Crippen LogP contribution in [0, 0.1) is 31.8 Å². The molecule has 2 aliphatic rings. The van der Waals surface area contributed by atoms with Gasteiger partial charge in [-0.3, -0.25) is 9.37 Å². The van der Waals surface area contributed by atoms with Gasteiger partial charge in [-0.25, -0.2) is 0 Å². The largest absolute Gasteiger partial charge is 0.458 e. The molecule has 0 atom stereocenters. The zero-order valence-electron chi connectivity index (χ0n) is 50.1. The molecule has 3 aromatic heterocycles. The Balaban J connectivity index is 0.000000382. The van der Waals surface area contributed by atoms with Crippen molar-refractivity contribution >= 4 is 55.9 Å². The van der Waals surface area contributed by atoms with Crippen LogP contribution in [0.5, 0.6) is 11.5 Å². The van der Waals surface area contributed by atoms with E-state index >= 15 is 0 Å². The molecule has 5 heterocycles. The summed E-state index contributed by atoms with van der Waals surface area (Å²) in [5.41, 5.74) is 24.5. The Morgan fingerprint density at radius 1 is 0.561 bits per heavy atom. The summed E-state index contributed by atoms with van der Waals surface area (Å²) in [6.45, 7) is 34.1. The number of pyridine rings is 1. The zero-order valence-corrected chi connectivity index (χ0v) is 52.5. The van der Waals surface area contributed by atoms with Gasteiger partial charge in [0.2, 0.25) is 0 Å². The minimum Gasteiger partial charge on any atom is -0.458 e. The molecule has 1 radical (unpaired) electrons. The SMILES string of the molecule is CC(C)c1cccc(C(C)C)c1-n1c(-c2[c-]cc(-c3cc4c5c(c3)-n3c6ccc(C(C)(C)C)cc6c6cc(C(C)(C)C)cc(c63)B5c3cc(C(C)(C)C)ccc3O4)cc2)nc2ccccc21.Cc1cnc(-c2[c-]cc(F)cc2)cc1C.[Ir]. The predicted octanol–water partition coefficient (Wildman–Crippen LogP) is 17.6. The summed E-state index contributed by atoms with van der Waals surface area (Å²) in [6.07, 6.45) is 1.82. The van der Waals surface area contributed by atoms with Crippen molar-refractivity contribution in [2.75, 3.05) is 0 Å². The fourth-order valence-electron chi connectivity index (χ4n) is 12.1. The van der Waals surface area contributed by atoms with Crippen LogP contribution in [0.1, 0.15) is 141 Å². The molecule has 0 aliphatic carbocycles. The first-order valence-corrected chi connectivity index (χ1v) is 28.8. The van der Waals surface area contributed by atoms with Crippen LogP contribution in [0.4, 0.5) is 4.39 Å². The minimum absolute atomic E-state index is 0. The van der Waals surface area contributed by atoms with Crippen LogP contribution in [0.25, 0.3) is 78.0 Å². The summed E-state index contributed by atoms with van der Waals surface area (Å²) in [4.78, 5) is 9.61. The molecule has 0 spiro atoms. The molecule has 8 aromatic carbocycles. The van der Waals surface area contributed by atoms with E-state index in [0.29, 0.717) is 11.8 Å². The van der Waals surface area contributed by atoms with Crippen LogP contribution in [-0.2, 0) is 36.4 Å². The van der Waals surface area contributed by atoms with E-state index < -0.39 is 0 Å². The third-order valence-corrected chi connectivity index (χ3v) is 16.9. The number of para-hydroxylation sites is 3. The molecule has 0 saturated heterocycles. The van der Waals surface area contributed by atoms with Gasteiger partial charge in [0.25, 0.3) is 6.71 Å². The van der Waals surface area contributed by atoms with E-state index in [0.717, 1.165) is 61.9 Å². The predicted molar refractivity (Wildman–Crippen MR) is 339 cm³/mol. The second kappa shape index (κ2) is 20.8. The first-order valence-electron chi connectivity index (χ1n) is 28.8. The number of halogens is 1. The topological polar surface area (TPSA) is 44.9 Å². The molecule has 415 valence electrons. The Kier molecular flexibility index (Phi) is 14.3. The van der Waals surface area contributed by atoms with Crippen molar-refractivity contribution in [2.24, 2.45) is 0 Å². The monoisotopic (exact) mass is 1260 g/mol. The molecule has 0 amide bonds. The molecule has 0 fully saturated rings. The number of ether oxygens (including phenoxy) is 1. The Labute approximate surface area is 498 Å². The summed E-state index contributed by atoms with van der Waals surface area (Å²) in [5.74, 6) is 3.14. The van der Waals surface area contributed by atoms with Crippen molar-refractivity contribution < 1.29 is 29.2 Å². The van der Waals surface area contributed by atoms with Gasteiger partial charge in [-0.2, -0.15) is 0 Å². The van der Waals surface area contributed by atoms with E-state index in [4.69, 9.17) is 9.72 Å². The number of rotatable bonds is 6. The number of hydrogen-bond donors (Lipinski definition) is 0. The van der Waals surface area contributed by atoms with Crippen molar-refractivity contribution in [2.45, 2.75) is 132 Å². The zero-order chi connectivity index (χ0) is 57.2. The minimum atomic E-state index is -0.275. The molecule has 0 unspecified atom stereocenters. The molecule has 8 heteroatoms. The van der Waals surface area contributed by atoms with Crippen LogP contribution in [0.3, 0.4) is 0 Å². The fourth-order valence-corrected chi connectivity index (χ4v) is 12.1. The summed E-state index contributed by atoms with van der Waals surface area (Å²) < 4.78 is 24.8. The van der Waals surface area contributed by atoms with E-state index in [1.807, 2.05) is 26.1 Å². The van der Waals surface area contributed by atoms with Crippen molar-refractivity contribution in [1.82, 2.24) is 19.1 Å². The normalized spacial score (nSPS) is 12.8. The average Bonchev–Trinajstić information content (AvgIpc) is 1.57. The summed E-state index contributed by atoms with van der Waals surface area (Å²) >= 11 is 0. The second-order valence-electron chi connectivity index (χ2n) is 26.4. The van der Waals surface area contributed by atoms with Gasteiger partial charge in [0, 0.05) is 59.8 Å². The van der Waals surface area contributed by atoms with E-state index in [9.17, 15) is 4.39 Å². The maximum absolute atomic E-state index is 12.7. The van der Waals surface area contributed by atoms with Gasteiger partial charge in [0.1, 0.15) is 11.5 Å². The Morgan fingerprint density at radius 3 is 1.85 bits per heavy atom. The molecule has 5 nitrogen and oxygen atoms in total. The van der Waals surface area contributed by atoms with Gasteiger partial charge < -0.3 is 18.9 Å². The van der Waals surface area contributed by atoms with Crippen molar-refractivity contribution in [1.29, 1.82) is 0 Å². The van der Waals surface area contributed by atoms with Gasteiger partial charge in [0.05, 0.1) is 22.4 Å². The van der Waals surface area contributed by atoms with Gasteiger partial charge in [-0.15, -0.1) is 59.7 Å². The first-order chi connectivity index (χ1) is 38.4. The summed E-state index contributed by atoms with van der Waals surface area (Å²) in [5, 5.41) is 2.61. The smallest absolute Gasteiger partial charge is 0.256 e. The summed E-state index contributed by atoms with van der Waals surface area (Å²) in [7, 11) is 0. The number of aromatic nitrogens is 4. The molecule has 2 aliphatic heterocycles. The Morgan fingerprint density at radius 2 is 1.21 bits per heavy atom. The molecule has 0 bridgehead atoms. The standard InChI is InChI=1S/C61H61BN3O.C13H11FN.Ir/c1-35(2)43-17-16-18-44(36(3)4)56(43)65-51-20-15-14-19-49(51)63-58(65)38-23-21-37(22-24-38)39-29-52-55-54(30-39)66-53-28-26-41(60(8,9)10)33-47(53)62(55)48-34-42(61(11,12)13)32-46-45-31-40(59(5,6)7)25-27-50(45)64(52)57(46)48;1-9-7-13(15-8-10(9)2)11-3-5-12(14)6-4-11;/h14-23,25-36H,1-13H3;3,5-8H,1-2H3;/q2*-1;. The molecule has 82 heavy (non-hydrogen) atoms. The quantitative estimate of drug-likeness (QED) is 0.123. The van der Waals surface area contributed by atoms with Crippen molar-refractivity contribution in [3.05, 3.63) is 209 Å². The average molecular weight is 1260 g/mol. The van der Waals surface area contributed by atoms with E-state index in [-0.39, 0.29) is 48.9 Å². The number of aryl methyl sites for hydroxylation is 2. The maximum atomic E-state index is 12.7. The Bertz CT molecular complexity index is 4270. The van der Waals surface area contributed by atoms with Gasteiger partial charge >= 0.3 is 0 Å². The number of imidazole rings is 1. The van der Waals surface area contributed by atoms with Crippen molar-refractivity contribution in [3.63, 3.8) is 0 Å². The third-order valence-electron chi connectivity index (χ3n) is 16.9. The summed E-state index contributed by atoms with van der Waals surface area (Å²) in [6, 6.07) is 58.7. The molecular formula is C74H72BFIrN4O-2. The van der Waals surface area contributed by atoms with Crippen LogP contribution >= 0.6 is 0 Å². The Hall–Kier alpha value is -7.38. The number of fused-ring (bicyclic) bond motifs is 8. The van der Waals surface area contributed by atoms with Crippen LogP contribution in [0.2, 0.25) is 0 Å². The molecule has 0 saturated carbocycles. The maximum Gasteiger partial charge on any atom is 0.256 e. The third kappa shape index (κ3) is 9.84. The van der Waals surface area contributed by atoms with Crippen LogP contribution in [-0.4, -0.2) is 25.8 Å². The number of hydrogen-bond acceptors (Lipinski definition) is 3. The molecular weight excluding hydrogens is 1180 g/mol. The van der Waals surface area contributed by atoms with E-state index in [1.54, 1.807) is 6.07 Å². The molecule has 0 N–H and O–H groups in total. The van der Waals surface area contributed by atoms with Gasteiger partial charge in [-0.05, 0) is 146 Å². The van der Waals surface area contributed by atoms with Gasteiger partial charge in [-0.1, -0.05) is 167 Å². The van der Waals surface area contributed by atoms with Gasteiger partial charge in [0.15, 0.2) is 0 Å².